The number of amides is 1. The third-order valence-corrected chi connectivity index (χ3v) is 3.20. The van der Waals surface area contributed by atoms with Crippen LogP contribution in [0.4, 0.5) is 5.69 Å². The van der Waals surface area contributed by atoms with Crippen LogP contribution in [0.25, 0.3) is 11.3 Å². The van der Waals surface area contributed by atoms with Crippen LogP contribution in [0.1, 0.15) is 12.8 Å². The zero-order valence-corrected chi connectivity index (χ0v) is 9.81. The first kappa shape index (κ1) is 11.0. The molecular weight excluding hydrogens is 228 g/mol. The van der Waals surface area contributed by atoms with Gasteiger partial charge in [-0.1, -0.05) is 12.1 Å². The first-order valence-corrected chi connectivity index (χ1v) is 5.88. The molecule has 1 saturated carbocycles. The number of benzene rings is 1. The molecule has 2 aromatic rings. The van der Waals surface area contributed by atoms with E-state index in [4.69, 9.17) is 5.73 Å². The third-order valence-electron chi connectivity index (χ3n) is 3.20. The molecule has 0 spiro atoms. The van der Waals surface area contributed by atoms with Gasteiger partial charge in [0, 0.05) is 11.9 Å². The Balaban J connectivity index is 1.73. The minimum atomic E-state index is -0.637. The highest BCUT2D eigenvalue weighted by molar-refractivity contribution is 6.00. The van der Waals surface area contributed by atoms with E-state index in [0.29, 0.717) is 0 Å². The molecule has 0 bridgehead atoms. The van der Waals surface area contributed by atoms with Gasteiger partial charge in [-0.2, -0.15) is 5.10 Å². The van der Waals surface area contributed by atoms with Crippen LogP contribution in [0.5, 0.6) is 0 Å². The van der Waals surface area contributed by atoms with E-state index in [2.05, 4.69) is 15.5 Å². The van der Waals surface area contributed by atoms with Gasteiger partial charge in [-0.15, -0.1) is 0 Å². The summed E-state index contributed by atoms with van der Waals surface area (Å²) < 4.78 is 0. The quantitative estimate of drug-likeness (QED) is 0.762. The molecule has 92 valence electrons. The smallest absolute Gasteiger partial charge is 0.244 e. The predicted octanol–water partition coefficient (Wildman–Crippen LogP) is 1.51. The molecule has 5 nitrogen and oxygen atoms in total. The number of anilines is 1. The molecule has 1 aliphatic carbocycles. The average molecular weight is 242 g/mol. The Bertz CT molecular complexity index is 555. The Kier molecular flexibility index (Phi) is 2.41. The van der Waals surface area contributed by atoms with Crippen LogP contribution in [-0.4, -0.2) is 21.6 Å². The molecule has 0 atom stereocenters. The maximum absolute atomic E-state index is 11.8. The molecule has 1 aromatic heterocycles. The first-order valence-electron chi connectivity index (χ1n) is 5.88. The Morgan fingerprint density at radius 1 is 1.28 bits per heavy atom. The van der Waals surface area contributed by atoms with Crippen molar-refractivity contribution in [3.63, 3.8) is 0 Å². The Morgan fingerprint density at radius 3 is 2.56 bits per heavy atom. The van der Waals surface area contributed by atoms with Crippen molar-refractivity contribution < 1.29 is 4.79 Å². The molecule has 18 heavy (non-hydrogen) atoms. The fourth-order valence-electron chi connectivity index (χ4n) is 1.77. The van der Waals surface area contributed by atoms with Crippen LogP contribution >= 0.6 is 0 Å². The largest absolute Gasteiger partial charge is 0.324 e. The number of hydrogen-bond donors (Lipinski definition) is 3. The molecule has 0 unspecified atom stereocenters. The van der Waals surface area contributed by atoms with Crippen molar-refractivity contribution in [1.29, 1.82) is 0 Å². The summed E-state index contributed by atoms with van der Waals surface area (Å²) >= 11 is 0. The fraction of sp³-hybridized carbons (Fsp3) is 0.231. The number of nitrogens with zero attached hydrogens (tertiary/aromatic N) is 1. The molecule has 3 rings (SSSR count). The van der Waals surface area contributed by atoms with Crippen LogP contribution in [0.3, 0.4) is 0 Å². The summed E-state index contributed by atoms with van der Waals surface area (Å²) in [5.41, 5.74) is 7.92. The predicted molar refractivity (Wildman–Crippen MR) is 68.8 cm³/mol. The summed E-state index contributed by atoms with van der Waals surface area (Å²) in [7, 11) is 0. The van der Waals surface area contributed by atoms with Crippen molar-refractivity contribution in [2.45, 2.75) is 18.4 Å². The van der Waals surface area contributed by atoms with Gasteiger partial charge in [0.2, 0.25) is 5.91 Å². The average Bonchev–Trinajstić information content (AvgIpc) is 2.94. The van der Waals surface area contributed by atoms with Crippen molar-refractivity contribution in [1.82, 2.24) is 10.2 Å². The number of carbonyl (C=O) groups is 1. The van der Waals surface area contributed by atoms with Crippen LogP contribution in [0, 0.1) is 0 Å². The molecular formula is C13H14N4O. The number of aromatic nitrogens is 2. The molecule has 1 aliphatic rings. The summed E-state index contributed by atoms with van der Waals surface area (Å²) in [4.78, 5) is 11.8. The molecule has 4 N–H and O–H groups in total. The van der Waals surface area contributed by atoms with Gasteiger partial charge in [-0.05, 0) is 36.6 Å². The van der Waals surface area contributed by atoms with Crippen molar-refractivity contribution >= 4 is 11.6 Å². The van der Waals surface area contributed by atoms with Gasteiger partial charge in [0.15, 0.2) is 0 Å². The molecule has 1 aromatic carbocycles. The van der Waals surface area contributed by atoms with E-state index in [-0.39, 0.29) is 5.91 Å². The summed E-state index contributed by atoms with van der Waals surface area (Å²) in [6.45, 7) is 0. The second kappa shape index (κ2) is 3.96. The molecule has 0 saturated heterocycles. The SMILES string of the molecule is NC1(C(=O)Nc2ccc(-c3ccn[nH]3)cc2)CC1. The third kappa shape index (κ3) is 2.00. The highest BCUT2D eigenvalue weighted by Gasteiger charge is 2.45. The van der Waals surface area contributed by atoms with E-state index in [9.17, 15) is 4.79 Å². The molecule has 1 amide bonds. The zero-order valence-electron chi connectivity index (χ0n) is 9.81. The summed E-state index contributed by atoms with van der Waals surface area (Å²) in [6.07, 6.45) is 3.24. The molecule has 0 radical (unpaired) electrons. The lowest BCUT2D eigenvalue weighted by Gasteiger charge is -2.10. The summed E-state index contributed by atoms with van der Waals surface area (Å²) in [5, 5.41) is 9.62. The van der Waals surface area contributed by atoms with E-state index in [0.717, 1.165) is 29.8 Å². The number of aromatic amines is 1. The van der Waals surface area contributed by atoms with Crippen LogP contribution in [0.2, 0.25) is 0 Å². The van der Waals surface area contributed by atoms with Crippen molar-refractivity contribution in [2.24, 2.45) is 5.73 Å². The van der Waals surface area contributed by atoms with Gasteiger partial charge >= 0.3 is 0 Å². The second-order valence-corrected chi connectivity index (χ2v) is 4.66. The lowest BCUT2D eigenvalue weighted by Crippen LogP contribution is -2.37. The summed E-state index contributed by atoms with van der Waals surface area (Å²) in [5.74, 6) is -0.100. The minimum Gasteiger partial charge on any atom is -0.324 e. The fourth-order valence-corrected chi connectivity index (χ4v) is 1.77. The van der Waals surface area contributed by atoms with Crippen molar-refractivity contribution in [3.05, 3.63) is 36.5 Å². The van der Waals surface area contributed by atoms with E-state index in [1.165, 1.54) is 0 Å². The van der Waals surface area contributed by atoms with Gasteiger partial charge in [0.1, 0.15) is 0 Å². The Labute approximate surface area is 104 Å². The highest BCUT2D eigenvalue weighted by Crippen LogP contribution is 2.33. The standard InChI is InChI=1S/C13H14N4O/c14-13(6-7-13)12(18)16-10-3-1-9(2-4-10)11-5-8-15-17-11/h1-5,8H,6-7,14H2,(H,15,17)(H,16,18). The van der Waals surface area contributed by atoms with E-state index >= 15 is 0 Å². The molecule has 1 fully saturated rings. The zero-order chi connectivity index (χ0) is 12.6. The topological polar surface area (TPSA) is 83.8 Å². The molecule has 5 heteroatoms. The Hall–Kier alpha value is -2.14. The van der Waals surface area contributed by atoms with Crippen LogP contribution in [-0.2, 0) is 4.79 Å². The maximum Gasteiger partial charge on any atom is 0.244 e. The Morgan fingerprint density at radius 2 is 2.00 bits per heavy atom. The normalized spacial score (nSPS) is 16.3. The van der Waals surface area contributed by atoms with Gasteiger partial charge in [0.05, 0.1) is 11.2 Å². The number of H-pyrrole nitrogens is 1. The van der Waals surface area contributed by atoms with Gasteiger partial charge in [0.25, 0.3) is 0 Å². The number of carbonyl (C=O) groups excluding carboxylic acids is 1. The van der Waals surface area contributed by atoms with E-state index in [1.54, 1.807) is 6.20 Å². The number of nitrogens with two attached hydrogens (primary N) is 1. The number of hydrogen-bond acceptors (Lipinski definition) is 3. The van der Waals surface area contributed by atoms with Gasteiger partial charge in [-0.25, -0.2) is 0 Å². The lowest BCUT2D eigenvalue weighted by atomic mass is 10.1. The molecule has 1 heterocycles. The summed E-state index contributed by atoms with van der Waals surface area (Å²) in [6, 6.07) is 9.48. The van der Waals surface area contributed by atoms with E-state index in [1.807, 2.05) is 30.3 Å². The molecule has 0 aliphatic heterocycles. The van der Waals surface area contributed by atoms with Crippen LogP contribution < -0.4 is 11.1 Å². The van der Waals surface area contributed by atoms with Crippen molar-refractivity contribution in [3.8, 4) is 11.3 Å². The van der Waals surface area contributed by atoms with Crippen LogP contribution in [0.15, 0.2) is 36.5 Å². The van der Waals surface area contributed by atoms with Crippen molar-refractivity contribution in [2.75, 3.05) is 5.32 Å². The lowest BCUT2D eigenvalue weighted by molar-refractivity contribution is -0.118. The number of rotatable bonds is 3. The van der Waals surface area contributed by atoms with E-state index < -0.39 is 5.54 Å². The minimum absolute atomic E-state index is 0.100. The van der Waals surface area contributed by atoms with Gasteiger partial charge in [-0.3, -0.25) is 9.89 Å². The van der Waals surface area contributed by atoms with Gasteiger partial charge < -0.3 is 11.1 Å². The highest BCUT2D eigenvalue weighted by atomic mass is 16.2. The monoisotopic (exact) mass is 242 g/mol. The maximum atomic E-state index is 11.8. The second-order valence-electron chi connectivity index (χ2n) is 4.66. The first-order chi connectivity index (χ1) is 8.67. The number of nitrogens with one attached hydrogen (secondary N) is 2.